The van der Waals surface area contributed by atoms with Gasteiger partial charge in [0.2, 0.25) is 17.3 Å². The van der Waals surface area contributed by atoms with Gasteiger partial charge in [-0.25, -0.2) is 34.7 Å². The molecule has 46 heavy (non-hydrogen) atoms. The Labute approximate surface area is 270 Å². The van der Waals surface area contributed by atoms with E-state index in [-0.39, 0.29) is 40.9 Å². The predicted octanol–water partition coefficient (Wildman–Crippen LogP) is 3.99. The Morgan fingerprint density at radius 3 is 1.98 bits per heavy atom. The van der Waals surface area contributed by atoms with E-state index in [4.69, 9.17) is 9.47 Å². The predicted molar refractivity (Wildman–Crippen MR) is 163 cm³/mol. The summed E-state index contributed by atoms with van der Waals surface area (Å²) < 4.78 is 11.1. The van der Waals surface area contributed by atoms with Crippen molar-refractivity contribution >= 4 is 35.5 Å². The molecule has 15 nitrogen and oxygen atoms in total. The lowest BCUT2D eigenvalue weighted by molar-refractivity contribution is 0.0557. The van der Waals surface area contributed by atoms with Crippen molar-refractivity contribution in [1.82, 2.24) is 45.8 Å². The fraction of sp³-hybridized carbons (Fsp3) is 0.345. The second-order valence-corrected chi connectivity index (χ2v) is 12.0. The molecular weight excluding hydrogens is 635 g/mol. The minimum absolute atomic E-state index is 0.0685. The van der Waals surface area contributed by atoms with Crippen LogP contribution in [0, 0.1) is 47.4 Å². The number of carboxylic acids is 2. The zero-order valence-corrected chi connectivity index (χ0v) is 26.0. The van der Waals surface area contributed by atoms with E-state index in [1.165, 1.54) is 35.9 Å². The van der Waals surface area contributed by atoms with E-state index < -0.39 is 11.9 Å². The van der Waals surface area contributed by atoms with Gasteiger partial charge in [0.15, 0.2) is 0 Å². The van der Waals surface area contributed by atoms with Crippen LogP contribution in [0.25, 0.3) is 0 Å². The first-order valence-corrected chi connectivity index (χ1v) is 16.4. The zero-order valence-electron chi connectivity index (χ0n) is 24.3. The molecular formula is C29H25N9O6S2. The molecule has 0 aromatic carbocycles. The van der Waals surface area contributed by atoms with Crippen molar-refractivity contribution in [3.63, 3.8) is 0 Å². The lowest BCUT2D eigenvalue weighted by Crippen LogP contribution is -2.40. The third kappa shape index (κ3) is 6.46. The van der Waals surface area contributed by atoms with Gasteiger partial charge in [0.05, 0.1) is 12.4 Å². The molecule has 2 aliphatic rings. The monoisotopic (exact) mass is 659 g/mol. The second kappa shape index (κ2) is 13.5. The quantitative estimate of drug-likeness (QED) is 0.148. The van der Waals surface area contributed by atoms with E-state index in [0.717, 1.165) is 30.6 Å². The van der Waals surface area contributed by atoms with Gasteiger partial charge < -0.3 is 19.7 Å². The Kier molecular flexibility index (Phi) is 9.04. The Hall–Kier alpha value is -5.13. The molecule has 0 amide bonds. The van der Waals surface area contributed by atoms with E-state index in [1.807, 2.05) is 12.5 Å². The van der Waals surface area contributed by atoms with E-state index >= 15 is 0 Å². The van der Waals surface area contributed by atoms with Gasteiger partial charge >= 0.3 is 11.9 Å². The number of pyridine rings is 1. The van der Waals surface area contributed by atoms with E-state index in [9.17, 15) is 19.8 Å². The number of rotatable bonds is 9. The molecule has 4 N–H and O–H groups in total. The summed E-state index contributed by atoms with van der Waals surface area (Å²) in [6.07, 6.45) is 10.8. The number of aromatic nitrogens is 9. The van der Waals surface area contributed by atoms with E-state index in [0.29, 0.717) is 34.0 Å². The van der Waals surface area contributed by atoms with Crippen LogP contribution in [0.5, 0.6) is 23.4 Å². The first-order chi connectivity index (χ1) is 22.3. The lowest BCUT2D eigenvalue weighted by Gasteiger charge is -2.46. The minimum Gasteiger partial charge on any atom is -0.476 e. The molecule has 6 rings (SSSR count). The van der Waals surface area contributed by atoms with Crippen LogP contribution in [0.1, 0.15) is 58.0 Å². The number of ether oxygens (including phenoxy) is 2. The molecule has 0 saturated heterocycles. The first-order valence-electron chi connectivity index (χ1n) is 14.0. The van der Waals surface area contributed by atoms with Crippen LogP contribution in [-0.4, -0.2) is 80.4 Å². The van der Waals surface area contributed by atoms with Gasteiger partial charge in [-0.15, -0.1) is 23.5 Å². The molecule has 2 fully saturated rings. The molecule has 4 aromatic rings. The van der Waals surface area contributed by atoms with Crippen LogP contribution in [0.15, 0.2) is 28.4 Å². The summed E-state index contributed by atoms with van der Waals surface area (Å²) in [6, 6.07) is 1.75. The maximum atomic E-state index is 11.3. The highest BCUT2D eigenvalue weighted by Crippen LogP contribution is 2.50. The molecule has 4 unspecified atom stereocenters. The molecule has 4 aromatic heterocycles. The van der Waals surface area contributed by atoms with E-state index in [1.54, 1.807) is 6.07 Å². The molecule has 17 heteroatoms. The van der Waals surface area contributed by atoms with Gasteiger partial charge in [0.1, 0.15) is 22.2 Å². The summed E-state index contributed by atoms with van der Waals surface area (Å²) in [6.45, 7) is 0. The van der Waals surface area contributed by atoms with Crippen LogP contribution >= 0.6 is 23.5 Å². The third-order valence-corrected chi connectivity index (χ3v) is 9.23. The van der Waals surface area contributed by atoms with Crippen molar-refractivity contribution in [1.29, 1.82) is 0 Å². The Morgan fingerprint density at radius 2 is 1.43 bits per heavy atom. The van der Waals surface area contributed by atoms with Crippen LogP contribution in [0.2, 0.25) is 0 Å². The van der Waals surface area contributed by atoms with Gasteiger partial charge in [-0.05, 0) is 67.9 Å². The van der Waals surface area contributed by atoms with E-state index in [2.05, 4.69) is 69.5 Å². The van der Waals surface area contributed by atoms with Crippen molar-refractivity contribution < 1.29 is 29.3 Å². The van der Waals surface area contributed by atoms with Crippen LogP contribution in [0.4, 0.5) is 0 Å². The molecule has 2 saturated carbocycles. The molecule has 0 bridgehead atoms. The fourth-order valence-electron chi connectivity index (χ4n) is 5.20. The number of nitrogens with zero attached hydrogens (tertiary/aromatic N) is 7. The largest absolute Gasteiger partial charge is 0.476 e. The SMILES string of the molecule is CSc1cc(Oc2nn[nH]c2C(=O)O)cnc1C#CC1CCC1C1CCC1C#Cc1nc(Oc2nn[nH]c2C(=O)O)cnc1SC. The highest BCUT2D eigenvalue weighted by Gasteiger charge is 2.43. The average Bonchev–Trinajstić information content (AvgIpc) is 3.69. The molecule has 0 aliphatic heterocycles. The van der Waals surface area contributed by atoms with Crippen molar-refractivity contribution in [2.45, 2.75) is 35.6 Å². The highest BCUT2D eigenvalue weighted by molar-refractivity contribution is 7.98. The van der Waals surface area contributed by atoms with Gasteiger partial charge in [0.25, 0.3) is 11.8 Å². The van der Waals surface area contributed by atoms with Gasteiger partial charge in [0, 0.05) is 16.7 Å². The summed E-state index contributed by atoms with van der Waals surface area (Å²) in [5, 5.41) is 38.0. The Morgan fingerprint density at radius 1 is 0.826 bits per heavy atom. The third-order valence-electron chi connectivity index (χ3n) is 7.79. The summed E-state index contributed by atoms with van der Waals surface area (Å²) in [5.74, 6) is 12.1. The number of thioether (sulfide) groups is 2. The average molecular weight is 660 g/mol. The molecule has 234 valence electrons. The molecule has 4 heterocycles. The second-order valence-electron chi connectivity index (χ2n) is 10.3. The maximum Gasteiger partial charge on any atom is 0.359 e. The molecule has 0 spiro atoms. The molecule has 4 atom stereocenters. The van der Waals surface area contributed by atoms with Crippen molar-refractivity contribution in [3.05, 3.63) is 41.2 Å². The van der Waals surface area contributed by atoms with Crippen molar-refractivity contribution in [2.24, 2.45) is 23.7 Å². The van der Waals surface area contributed by atoms with Crippen LogP contribution < -0.4 is 9.47 Å². The summed E-state index contributed by atoms with van der Waals surface area (Å²) in [4.78, 5) is 36.7. The smallest absolute Gasteiger partial charge is 0.359 e. The number of aromatic carboxylic acids is 2. The maximum absolute atomic E-state index is 11.3. The van der Waals surface area contributed by atoms with Crippen molar-refractivity contribution in [3.8, 4) is 47.1 Å². The Balaban J connectivity index is 1.12. The molecule has 0 radical (unpaired) electrons. The standard InChI is InChI=1S/C29H25N9O6S2/c1-45-21-11-16(43-25-23(28(39)40)33-37-35-25)12-30-19(21)9-5-14-3-7-17(14)18-8-4-15(18)6-10-20-27(46-2)31-13-22(32-20)44-26-24(29(41)42)34-38-36-26/h11-15,17-18H,3-4,7-8H2,1-2H3,(H,39,40)(H,41,42)(H,33,35,37)(H,34,36,38). The highest BCUT2D eigenvalue weighted by atomic mass is 32.2. The fourth-order valence-corrected chi connectivity index (χ4v) is 6.18. The number of carbonyl (C=O) groups is 2. The minimum atomic E-state index is -1.26. The number of aromatic amines is 2. The summed E-state index contributed by atoms with van der Waals surface area (Å²) in [7, 11) is 0. The number of nitrogens with one attached hydrogen (secondary N) is 2. The normalized spacial score (nSPS) is 19.8. The number of H-pyrrole nitrogens is 2. The number of carboxylic acid groups (broad SMARTS) is 2. The van der Waals surface area contributed by atoms with Crippen LogP contribution in [0.3, 0.4) is 0 Å². The Bertz CT molecular complexity index is 1920. The van der Waals surface area contributed by atoms with Gasteiger partial charge in [-0.1, -0.05) is 32.5 Å². The lowest BCUT2D eigenvalue weighted by atomic mass is 9.57. The van der Waals surface area contributed by atoms with Gasteiger partial charge in [-0.3, -0.25) is 0 Å². The topological polar surface area (TPSA) is 215 Å². The van der Waals surface area contributed by atoms with Crippen molar-refractivity contribution in [2.75, 3.05) is 12.5 Å². The molecule has 2 aliphatic carbocycles. The van der Waals surface area contributed by atoms with Crippen LogP contribution in [-0.2, 0) is 0 Å². The van der Waals surface area contributed by atoms with Gasteiger partial charge in [-0.2, -0.15) is 0 Å². The zero-order chi connectivity index (χ0) is 32.2. The summed E-state index contributed by atoms with van der Waals surface area (Å²) >= 11 is 2.87. The number of hydrogen-bond donors (Lipinski definition) is 4. The number of hydrogen-bond acceptors (Lipinski definition) is 13. The summed E-state index contributed by atoms with van der Waals surface area (Å²) in [5.41, 5.74) is 0.542. The first kappa shape index (κ1) is 30.9.